The molecule has 0 aliphatic carbocycles. The average molecular weight is 309 g/mol. The summed E-state index contributed by atoms with van der Waals surface area (Å²) in [5.41, 5.74) is 6.96. The number of amides is 1. The van der Waals surface area contributed by atoms with E-state index in [1.54, 1.807) is 12.1 Å². The average Bonchev–Trinajstić information content (AvgIpc) is 2.46. The van der Waals surface area contributed by atoms with Gasteiger partial charge in [0.25, 0.3) is 0 Å². The van der Waals surface area contributed by atoms with Crippen LogP contribution < -0.4 is 11.1 Å². The smallest absolute Gasteiger partial charge is 0.224 e. The molecule has 21 heavy (non-hydrogen) atoms. The summed E-state index contributed by atoms with van der Waals surface area (Å²) in [6.45, 7) is 4.48. The fourth-order valence-corrected chi connectivity index (χ4v) is 2.23. The van der Waals surface area contributed by atoms with E-state index < -0.39 is 0 Å². The fraction of sp³-hybridized carbons (Fsp3) is 0.467. The van der Waals surface area contributed by atoms with E-state index in [-0.39, 0.29) is 17.5 Å². The quantitative estimate of drug-likeness (QED) is 0.600. The molecule has 0 fully saturated rings. The molecule has 0 radical (unpaired) electrons. The molecule has 0 saturated carbocycles. The van der Waals surface area contributed by atoms with E-state index in [0.717, 1.165) is 19.5 Å². The second kappa shape index (κ2) is 9.44. The Morgan fingerprint density at radius 3 is 2.71 bits per heavy atom. The number of aliphatic hydroxyl groups is 1. The third kappa shape index (κ3) is 6.20. The first kappa shape index (κ1) is 17.6. The Morgan fingerprint density at radius 2 is 2.10 bits per heavy atom. The van der Waals surface area contributed by atoms with Crippen molar-refractivity contribution < 1.29 is 9.90 Å². The molecule has 1 rings (SSSR count). The molecule has 4 N–H and O–H groups in total. The van der Waals surface area contributed by atoms with Crippen LogP contribution in [0.5, 0.6) is 0 Å². The number of carbonyl (C=O) groups is 1. The zero-order chi connectivity index (χ0) is 15.7. The largest absolute Gasteiger partial charge is 0.395 e. The minimum absolute atomic E-state index is 0.0567. The van der Waals surface area contributed by atoms with Crippen LogP contribution in [0.1, 0.15) is 25.3 Å². The Labute approximate surface area is 131 Å². The van der Waals surface area contributed by atoms with Gasteiger partial charge in [0.15, 0.2) is 0 Å². The van der Waals surface area contributed by atoms with Crippen LogP contribution in [0, 0.1) is 0 Å². The maximum atomic E-state index is 12.0. The van der Waals surface area contributed by atoms with E-state index in [1.165, 1.54) is 0 Å². The van der Waals surface area contributed by atoms with Crippen LogP contribution >= 0.6 is 12.2 Å². The number of nitrogens with zero attached hydrogens (tertiary/aromatic N) is 1. The number of para-hydroxylation sites is 1. The topological polar surface area (TPSA) is 78.6 Å². The van der Waals surface area contributed by atoms with Crippen molar-refractivity contribution in [2.75, 3.05) is 31.6 Å². The van der Waals surface area contributed by atoms with Crippen molar-refractivity contribution in [3.05, 3.63) is 29.8 Å². The minimum atomic E-state index is -0.0567. The Balaban J connectivity index is 2.46. The highest BCUT2D eigenvalue weighted by Gasteiger charge is 2.09. The molecule has 1 aromatic rings. The first-order chi connectivity index (χ1) is 10.1. The molecular formula is C15H23N3O2S. The van der Waals surface area contributed by atoms with Crippen molar-refractivity contribution >= 4 is 28.8 Å². The summed E-state index contributed by atoms with van der Waals surface area (Å²) in [6.07, 6.45) is 1.17. The number of anilines is 1. The number of nitrogens with one attached hydrogen (secondary N) is 1. The lowest BCUT2D eigenvalue weighted by atomic mass is 10.1. The normalized spacial score (nSPS) is 10.6. The SMILES string of the molecule is CCN(CCO)CCCC(=O)Nc1ccccc1C(N)=S. The van der Waals surface area contributed by atoms with Crippen LogP contribution in [-0.4, -0.2) is 47.1 Å². The van der Waals surface area contributed by atoms with Gasteiger partial charge >= 0.3 is 0 Å². The van der Waals surface area contributed by atoms with Gasteiger partial charge in [-0.05, 0) is 31.6 Å². The Morgan fingerprint density at radius 1 is 1.38 bits per heavy atom. The molecule has 1 aromatic carbocycles. The molecule has 0 unspecified atom stereocenters. The maximum Gasteiger partial charge on any atom is 0.224 e. The van der Waals surface area contributed by atoms with Gasteiger partial charge in [0.1, 0.15) is 4.99 Å². The van der Waals surface area contributed by atoms with Gasteiger partial charge in [-0.2, -0.15) is 0 Å². The van der Waals surface area contributed by atoms with Crippen LogP contribution in [0.15, 0.2) is 24.3 Å². The predicted octanol–water partition coefficient (Wildman–Crippen LogP) is 1.35. The van der Waals surface area contributed by atoms with Crippen molar-refractivity contribution in [3.63, 3.8) is 0 Å². The molecule has 116 valence electrons. The monoisotopic (exact) mass is 309 g/mol. The van der Waals surface area contributed by atoms with Gasteiger partial charge in [-0.3, -0.25) is 4.79 Å². The van der Waals surface area contributed by atoms with Gasteiger partial charge in [-0.1, -0.05) is 31.3 Å². The van der Waals surface area contributed by atoms with Crippen molar-refractivity contribution in [3.8, 4) is 0 Å². The van der Waals surface area contributed by atoms with E-state index in [2.05, 4.69) is 10.2 Å². The Hall–Kier alpha value is -1.50. The molecule has 5 nitrogen and oxygen atoms in total. The molecule has 1 amide bonds. The molecule has 0 saturated heterocycles. The third-order valence-electron chi connectivity index (χ3n) is 3.21. The number of likely N-dealkylation sites (N-methyl/N-ethyl adjacent to an activating group) is 1. The molecule has 0 aliphatic heterocycles. The summed E-state index contributed by atoms with van der Waals surface area (Å²) in [5, 5.41) is 11.7. The Kier molecular flexibility index (Phi) is 7.89. The first-order valence-corrected chi connectivity index (χ1v) is 7.51. The van der Waals surface area contributed by atoms with Gasteiger partial charge < -0.3 is 21.1 Å². The minimum Gasteiger partial charge on any atom is -0.395 e. The highest BCUT2D eigenvalue weighted by molar-refractivity contribution is 7.80. The first-order valence-electron chi connectivity index (χ1n) is 7.10. The maximum absolute atomic E-state index is 12.0. The van der Waals surface area contributed by atoms with Crippen LogP contribution in [0.4, 0.5) is 5.69 Å². The van der Waals surface area contributed by atoms with Crippen molar-refractivity contribution in [2.24, 2.45) is 5.73 Å². The molecule has 6 heteroatoms. The van der Waals surface area contributed by atoms with E-state index >= 15 is 0 Å². The van der Waals surface area contributed by atoms with Gasteiger partial charge in [-0.15, -0.1) is 0 Å². The summed E-state index contributed by atoms with van der Waals surface area (Å²) < 4.78 is 0. The Bertz CT molecular complexity index is 480. The number of benzene rings is 1. The number of carbonyl (C=O) groups excluding carboxylic acids is 1. The summed E-state index contributed by atoms with van der Waals surface area (Å²) in [4.78, 5) is 14.3. The second-order valence-corrected chi connectivity index (χ2v) is 5.16. The van der Waals surface area contributed by atoms with E-state index in [4.69, 9.17) is 23.1 Å². The summed E-state index contributed by atoms with van der Waals surface area (Å²) >= 11 is 4.96. The van der Waals surface area contributed by atoms with Crippen LogP contribution in [0.2, 0.25) is 0 Å². The molecule has 0 aromatic heterocycles. The van der Waals surface area contributed by atoms with Crippen LogP contribution in [-0.2, 0) is 4.79 Å². The standard InChI is InChI=1S/C15H23N3O2S/c1-2-18(10-11-19)9-5-8-14(20)17-13-7-4-3-6-12(13)15(16)21/h3-4,6-7,19H,2,5,8-11H2,1H3,(H2,16,21)(H,17,20). The fourth-order valence-electron chi connectivity index (χ4n) is 2.05. The van der Waals surface area contributed by atoms with Crippen LogP contribution in [0.25, 0.3) is 0 Å². The molecule has 0 spiro atoms. The molecule has 0 atom stereocenters. The van der Waals surface area contributed by atoms with E-state index in [1.807, 2.05) is 19.1 Å². The zero-order valence-electron chi connectivity index (χ0n) is 12.3. The number of aliphatic hydroxyl groups excluding tert-OH is 1. The summed E-state index contributed by atoms with van der Waals surface area (Å²) in [6, 6.07) is 7.24. The number of thiocarbonyl (C=S) groups is 1. The number of hydrogen-bond acceptors (Lipinski definition) is 4. The lowest BCUT2D eigenvalue weighted by Gasteiger charge is -2.18. The predicted molar refractivity (Wildman–Crippen MR) is 89.4 cm³/mol. The van der Waals surface area contributed by atoms with Crippen molar-refractivity contribution in [1.29, 1.82) is 0 Å². The third-order valence-corrected chi connectivity index (χ3v) is 3.43. The summed E-state index contributed by atoms with van der Waals surface area (Å²) in [7, 11) is 0. The lowest BCUT2D eigenvalue weighted by molar-refractivity contribution is -0.116. The number of hydrogen-bond donors (Lipinski definition) is 3. The molecular weight excluding hydrogens is 286 g/mol. The van der Waals surface area contributed by atoms with Gasteiger partial charge in [0.05, 0.1) is 12.3 Å². The number of rotatable bonds is 9. The van der Waals surface area contributed by atoms with Gasteiger partial charge in [-0.25, -0.2) is 0 Å². The second-order valence-electron chi connectivity index (χ2n) is 4.72. The van der Waals surface area contributed by atoms with E-state index in [0.29, 0.717) is 24.2 Å². The van der Waals surface area contributed by atoms with Crippen LogP contribution in [0.3, 0.4) is 0 Å². The van der Waals surface area contributed by atoms with Crippen molar-refractivity contribution in [2.45, 2.75) is 19.8 Å². The zero-order valence-corrected chi connectivity index (χ0v) is 13.2. The summed E-state index contributed by atoms with van der Waals surface area (Å²) in [5.74, 6) is -0.0567. The number of nitrogens with two attached hydrogens (primary N) is 1. The lowest BCUT2D eigenvalue weighted by Crippen LogP contribution is -2.28. The molecule has 0 aliphatic rings. The van der Waals surface area contributed by atoms with Gasteiger partial charge in [0, 0.05) is 18.5 Å². The molecule has 0 heterocycles. The van der Waals surface area contributed by atoms with E-state index in [9.17, 15) is 4.79 Å². The molecule has 0 bridgehead atoms. The van der Waals surface area contributed by atoms with Gasteiger partial charge in [0.2, 0.25) is 5.91 Å². The highest BCUT2D eigenvalue weighted by atomic mass is 32.1. The van der Waals surface area contributed by atoms with Crippen molar-refractivity contribution in [1.82, 2.24) is 4.90 Å². The highest BCUT2D eigenvalue weighted by Crippen LogP contribution is 2.15.